The van der Waals surface area contributed by atoms with E-state index in [1.165, 1.54) is 43.7 Å². The molecule has 3 heterocycles. The summed E-state index contributed by atoms with van der Waals surface area (Å²) in [5.74, 6) is 0. The molecule has 0 saturated carbocycles. The Balaban J connectivity index is 1.10. The molecule has 8 aromatic rings. The third-order valence-corrected chi connectivity index (χ3v) is 10.4. The van der Waals surface area contributed by atoms with E-state index in [0.29, 0.717) is 0 Å². The number of fused-ring (bicyclic) bond motifs is 7. The van der Waals surface area contributed by atoms with Gasteiger partial charge >= 0.3 is 0 Å². The zero-order valence-electron chi connectivity index (χ0n) is 25.3. The molecule has 0 N–H and O–H groups in total. The monoisotopic (exact) mass is 621 g/mol. The second-order valence-corrected chi connectivity index (χ2v) is 13.0. The summed E-state index contributed by atoms with van der Waals surface area (Å²) in [6.45, 7) is 0. The predicted octanol–water partition coefficient (Wildman–Crippen LogP) is 10.9. The molecule has 0 atom stereocenters. The summed E-state index contributed by atoms with van der Waals surface area (Å²) >= 11 is 1.82. The first-order valence-electron chi connectivity index (χ1n) is 15.8. The first-order chi connectivity index (χ1) is 23.3. The Hall–Kier alpha value is -5.85. The van der Waals surface area contributed by atoms with Gasteiger partial charge in [-0.25, -0.2) is 0 Å². The molecule has 0 aliphatic carbocycles. The Labute approximate surface area is 276 Å². The quantitative estimate of drug-likeness (QED) is 0.196. The van der Waals surface area contributed by atoms with E-state index in [9.17, 15) is 0 Å². The van der Waals surface area contributed by atoms with Crippen molar-refractivity contribution in [2.75, 3.05) is 9.80 Å². The maximum Gasteiger partial charge on any atom is 0.121 e. The lowest BCUT2D eigenvalue weighted by Crippen LogP contribution is -2.18. The molecule has 47 heavy (non-hydrogen) atoms. The van der Waals surface area contributed by atoms with Gasteiger partial charge in [-0.15, -0.1) is 10.2 Å². The van der Waals surface area contributed by atoms with Crippen LogP contribution in [0.1, 0.15) is 11.1 Å². The van der Waals surface area contributed by atoms with Crippen LogP contribution in [0.15, 0.2) is 161 Å². The third kappa shape index (κ3) is 4.12. The standard InChI is InChI=1S/C41H27N5S/c1-5-15-34-27(11-1)25-28-12-2-6-16-35(28)44(34)29-21-23-30(24-22-29)46-42-33-26-38(31-13-3-4-14-32(31)41(33)43-46)45-36-17-7-9-19-39(36)47-40-20-10-8-18-37(40)45/h1-24,26H,25H2. The van der Waals surface area contributed by atoms with E-state index < -0.39 is 0 Å². The van der Waals surface area contributed by atoms with Gasteiger partial charge in [-0.3, -0.25) is 0 Å². The van der Waals surface area contributed by atoms with Crippen molar-refractivity contribution in [1.82, 2.24) is 15.0 Å². The number of nitrogens with zero attached hydrogens (tertiary/aromatic N) is 5. The molecule has 0 spiro atoms. The number of aromatic nitrogens is 3. The van der Waals surface area contributed by atoms with Crippen molar-refractivity contribution in [2.45, 2.75) is 16.2 Å². The van der Waals surface area contributed by atoms with E-state index in [1.807, 2.05) is 11.8 Å². The molecule has 7 aromatic carbocycles. The second kappa shape index (κ2) is 10.3. The van der Waals surface area contributed by atoms with Crippen molar-refractivity contribution < 1.29 is 0 Å². The minimum atomic E-state index is 0.856. The van der Waals surface area contributed by atoms with Gasteiger partial charge in [0.15, 0.2) is 0 Å². The summed E-state index contributed by atoms with van der Waals surface area (Å²) in [6, 6.07) is 53.9. The maximum absolute atomic E-state index is 5.07. The van der Waals surface area contributed by atoms with Crippen molar-refractivity contribution in [3.05, 3.63) is 163 Å². The summed E-state index contributed by atoms with van der Waals surface area (Å²) in [6.07, 6.45) is 0.939. The molecule has 1 aromatic heterocycles. The zero-order valence-corrected chi connectivity index (χ0v) is 26.1. The summed E-state index contributed by atoms with van der Waals surface area (Å²) < 4.78 is 0. The van der Waals surface area contributed by atoms with Gasteiger partial charge in [-0.2, -0.15) is 4.80 Å². The molecule has 0 unspecified atom stereocenters. The van der Waals surface area contributed by atoms with Gasteiger partial charge in [0.2, 0.25) is 0 Å². The minimum Gasteiger partial charge on any atom is -0.310 e. The number of benzene rings is 7. The first kappa shape index (κ1) is 26.4. The number of para-hydroxylation sites is 4. The Morgan fingerprint density at radius 1 is 0.447 bits per heavy atom. The van der Waals surface area contributed by atoms with E-state index in [1.54, 1.807) is 4.80 Å². The predicted molar refractivity (Wildman–Crippen MR) is 193 cm³/mol. The van der Waals surface area contributed by atoms with Crippen LogP contribution in [0, 0.1) is 0 Å². The average molecular weight is 622 g/mol. The lowest BCUT2D eigenvalue weighted by molar-refractivity contribution is 0.766. The molecular formula is C41H27N5S. The fourth-order valence-corrected chi connectivity index (χ4v) is 8.15. The van der Waals surface area contributed by atoms with Gasteiger partial charge in [0, 0.05) is 44.0 Å². The summed E-state index contributed by atoms with van der Waals surface area (Å²) in [5, 5.41) is 12.4. The summed E-state index contributed by atoms with van der Waals surface area (Å²) in [7, 11) is 0. The first-order valence-corrected chi connectivity index (χ1v) is 16.6. The van der Waals surface area contributed by atoms with Gasteiger partial charge in [0.05, 0.1) is 22.7 Å². The molecule has 222 valence electrons. The van der Waals surface area contributed by atoms with Crippen LogP contribution in [0.3, 0.4) is 0 Å². The molecule has 0 fully saturated rings. The Kier molecular flexibility index (Phi) is 5.80. The molecule has 0 bridgehead atoms. The van der Waals surface area contributed by atoms with Crippen LogP contribution >= 0.6 is 11.8 Å². The highest BCUT2D eigenvalue weighted by Gasteiger charge is 2.27. The van der Waals surface area contributed by atoms with E-state index in [-0.39, 0.29) is 0 Å². The van der Waals surface area contributed by atoms with E-state index in [2.05, 4.69) is 161 Å². The number of anilines is 6. The number of rotatable bonds is 3. The lowest BCUT2D eigenvalue weighted by atomic mass is 9.95. The molecule has 2 aliphatic heterocycles. The van der Waals surface area contributed by atoms with Gasteiger partial charge in [-0.1, -0.05) is 96.7 Å². The Morgan fingerprint density at radius 3 is 1.64 bits per heavy atom. The fraction of sp³-hybridized carbons (Fsp3) is 0.0244. The van der Waals surface area contributed by atoms with Crippen molar-refractivity contribution >= 4 is 67.7 Å². The van der Waals surface area contributed by atoms with Gasteiger partial charge in [0.1, 0.15) is 11.0 Å². The lowest BCUT2D eigenvalue weighted by Gasteiger charge is -2.33. The number of hydrogen-bond acceptors (Lipinski definition) is 5. The van der Waals surface area contributed by atoms with Crippen LogP contribution in [0.5, 0.6) is 0 Å². The molecule has 2 aliphatic rings. The Bertz CT molecular complexity index is 2410. The van der Waals surface area contributed by atoms with E-state index in [4.69, 9.17) is 10.2 Å². The molecule has 10 rings (SSSR count). The number of hydrogen-bond donors (Lipinski definition) is 0. The zero-order chi connectivity index (χ0) is 30.9. The van der Waals surface area contributed by atoms with Crippen molar-refractivity contribution in [3.8, 4) is 5.69 Å². The highest BCUT2D eigenvalue weighted by Crippen LogP contribution is 2.53. The highest BCUT2D eigenvalue weighted by atomic mass is 32.2. The summed E-state index contributed by atoms with van der Waals surface area (Å²) in [4.78, 5) is 8.98. The van der Waals surface area contributed by atoms with Gasteiger partial charge in [0.25, 0.3) is 0 Å². The maximum atomic E-state index is 5.07. The van der Waals surface area contributed by atoms with Crippen LogP contribution in [0.25, 0.3) is 27.5 Å². The van der Waals surface area contributed by atoms with Crippen molar-refractivity contribution in [3.63, 3.8) is 0 Å². The van der Waals surface area contributed by atoms with E-state index in [0.717, 1.165) is 45.3 Å². The fourth-order valence-electron chi connectivity index (χ4n) is 7.10. The minimum absolute atomic E-state index is 0.856. The van der Waals surface area contributed by atoms with Crippen LogP contribution in [0.4, 0.5) is 34.1 Å². The third-order valence-electron chi connectivity index (χ3n) is 9.23. The SMILES string of the molecule is c1ccc2c(c1)Cc1ccccc1N2c1ccc(-n2nc3cc(N4c5ccccc5Sc5ccccc54)c4ccccc4c3n2)cc1. The van der Waals surface area contributed by atoms with Crippen molar-refractivity contribution in [1.29, 1.82) is 0 Å². The van der Waals surface area contributed by atoms with E-state index >= 15 is 0 Å². The molecule has 0 amide bonds. The summed E-state index contributed by atoms with van der Waals surface area (Å²) in [5.41, 5.74) is 12.3. The van der Waals surface area contributed by atoms with Gasteiger partial charge in [-0.05, 0) is 77.9 Å². The van der Waals surface area contributed by atoms with Gasteiger partial charge < -0.3 is 9.80 Å². The smallest absolute Gasteiger partial charge is 0.121 e. The molecular weight excluding hydrogens is 595 g/mol. The Morgan fingerprint density at radius 2 is 0.979 bits per heavy atom. The second-order valence-electron chi connectivity index (χ2n) is 12.0. The normalized spacial score (nSPS) is 13.3. The average Bonchev–Trinajstić information content (AvgIpc) is 3.57. The van der Waals surface area contributed by atoms with Crippen LogP contribution in [0.2, 0.25) is 0 Å². The molecule has 0 saturated heterocycles. The highest BCUT2D eigenvalue weighted by molar-refractivity contribution is 7.99. The topological polar surface area (TPSA) is 37.2 Å². The van der Waals surface area contributed by atoms with Crippen LogP contribution < -0.4 is 9.80 Å². The largest absolute Gasteiger partial charge is 0.310 e. The molecule has 6 heteroatoms. The van der Waals surface area contributed by atoms with Crippen LogP contribution in [-0.2, 0) is 6.42 Å². The molecule has 5 nitrogen and oxygen atoms in total. The van der Waals surface area contributed by atoms with Crippen molar-refractivity contribution in [2.24, 2.45) is 0 Å². The van der Waals surface area contributed by atoms with Crippen LogP contribution in [-0.4, -0.2) is 15.0 Å². The molecule has 0 radical (unpaired) electrons.